The average molecular weight is 512 g/mol. The Bertz CT molecular complexity index is 1550. The maximum Gasteiger partial charge on any atom is 0.209 e. The molecule has 0 fully saturated rings. The molecule has 0 amide bonds. The van der Waals surface area contributed by atoms with Gasteiger partial charge in [-0.15, -0.1) is 0 Å². The number of aliphatic hydroxyl groups is 1. The number of ether oxygens (including phenoxy) is 6. The molecule has 0 spiro atoms. The van der Waals surface area contributed by atoms with E-state index in [4.69, 9.17) is 32.8 Å². The number of aromatic hydroxyl groups is 2. The van der Waals surface area contributed by atoms with Gasteiger partial charge in [0.25, 0.3) is 0 Å². The normalized spacial score (nSPS) is 16.6. The van der Waals surface area contributed by atoms with Gasteiger partial charge in [-0.3, -0.25) is 4.79 Å². The van der Waals surface area contributed by atoms with Crippen LogP contribution in [0, 0.1) is 0 Å². The minimum atomic E-state index is -0.934. The molecule has 3 N–H and O–H groups in total. The number of fused-ring (bicyclic) bond motifs is 4. The van der Waals surface area contributed by atoms with Gasteiger partial charge in [0.2, 0.25) is 22.7 Å². The van der Waals surface area contributed by atoms with Crippen molar-refractivity contribution < 1.29 is 48.2 Å². The first-order valence-corrected chi connectivity index (χ1v) is 11.1. The fraction of sp³-hybridized carbons (Fsp3) is 0.269. The van der Waals surface area contributed by atoms with Crippen LogP contribution in [0.25, 0.3) is 21.9 Å². The van der Waals surface area contributed by atoms with Crippen LogP contribution in [0.4, 0.5) is 0 Å². The summed E-state index contributed by atoms with van der Waals surface area (Å²) in [6.07, 6.45) is -1.84. The lowest BCUT2D eigenvalue weighted by Crippen LogP contribution is -2.36. The lowest BCUT2D eigenvalue weighted by molar-refractivity contribution is -0.0136. The molecule has 0 saturated carbocycles. The molecule has 2 unspecified atom stereocenters. The van der Waals surface area contributed by atoms with Crippen molar-refractivity contribution in [3.8, 4) is 46.0 Å². The van der Waals surface area contributed by atoms with E-state index in [1.807, 2.05) is 0 Å². The van der Waals surface area contributed by atoms with E-state index < -0.39 is 24.2 Å². The molecule has 3 aromatic carbocycles. The van der Waals surface area contributed by atoms with Gasteiger partial charge in [0.05, 0.1) is 40.4 Å². The van der Waals surface area contributed by atoms with Crippen molar-refractivity contribution in [2.24, 2.45) is 0 Å². The van der Waals surface area contributed by atoms with Crippen LogP contribution < -0.4 is 33.8 Å². The smallest absolute Gasteiger partial charge is 0.209 e. The number of rotatable bonds is 6. The Balaban J connectivity index is 1.78. The predicted octanol–water partition coefficient (Wildman–Crippen LogP) is 3.27. The van der Waals surface area contributed by atoms with Crippen molar-refractivity contribution in [2.45, 2.75) is 12.2 Å². The monoisotopic (exact) mass is 512 g/mol. The molecular weight excluding hydrogens is 488 g/mol. The molecule has 194 valence electrons. The van der Waals surface area contributed by atoms with Crippen LogP contribution in [0.2, 0.25) is 0 Å². The van der Waals surface area contributed by atoms with E-state index in [0.29, 0.717) is 5.56 Å². The maximum absolute atomic E-state index is 13.5. The van der Waals surface area contributed by atoms with Gasteiger partial charge in [0.15, 0.2) is 35.0 Å². The van der Waals surface area contributed by atoms with Crippen LogP contribution in [0.1, 0.15) is 11.7 Å². The minimum absolute atomic E-state index is 0.0417. The van der Waals surface area contributed by atoms with Gasteiger partial charge >= 0.3 is 0 Å². The Hall–Kier alpha value is -4.51. The first-order chi connectivity index (χ1) is 17.8. The molecule has 2 atom stereocenters. The highest BCUT2D eigenvalue weighted by Crippen LogP contribution is 2.51. The van der Waals surface area contributed by atoms with Crippen LogP contribution in [-0.4, -0.2) is 56.5 Å². The molecule has 1 aromatic heterocycles. The number of phenols is 2. The zero-order valence-corrected chi connectivity index (χ0v) is 20.4. The largest absolute Gasteiger partial charge is 0.508 e. The van der Waals surface area contributed by atoms with Crippen LogP contribution in [0.5, 0.6) is 46.0 Å². The maximum atomic E-state index is 13.5. The number of aliphatic hydroxyl groups excluding tert-OH is 1. The molecule has 1 aliphatic rings. The van der Waals surface area contributed by atoms with Gasteiger partial charge in [-0.1, -0.05) is 0 Å². The van der Waals surface area contributed by atoms with Gasteiger partial charge in [0, 0.05) is 17.7 Å². The second-order valence-electron chi connectivity index (χ2n) is 8.22. The van der Waals surface area contributed by atoms with Crippen molar-refractivity contribution in [2.75, 3.05) is 35.0 Å². The van der Waals surface area contributed by atoms with E-state index in [9.17, 15) is 20.1 Å². The van der Waals surface area contributed by atoms with Crippen LogP contribution in [-0.2, 0) is 0 Å². The standard InChI is InChI=1S/C26H24O11/c1-31-14-7-12(28)8-15-20(14)21(29)13-9-18(34-4)25-26(24(13)35-15)37-23(19(10-27)36-25)11-5-16(32-2)22(30)17(6-11)33-3/h5-9,19,23,27-28,30H,10H2,1-4H3. The molecule has 37 heavy (non-hydrogen) atoms. The van der Waals surface area contributed by atoms with Crippen molar-refractivity contribution in [3.05, 3.63) is 46.1 Å². The molecule has 11 nitrogen and oxygen atoms in total. The molecule has 1 aliphatic heterocycles. The molecule has 0 saturated heterocycles. The van der Waals surface area contributed by atoms with E-state index in [1.165, 1.54) is 58.8 Å². The van der Waals surface area contributed by atoms with Crippen molar-refractivity contribution in [1.29, 1.82) is 0 Å². The van der Waals surface area contributed by atoms with Gasteiger partial charge in [-0.05, 0) is 18.2 Å². The SMILES string of the molecule is COc1cc(C2Oc3c(c(OC)cc4c(=O)c5c(OC)cc(O)cc5oc34)OC2CO)cc(OC)c1O. The molecule has 11 heteroatoms. The van der Waals surface area contributed by atoms with E-state index in [0.717, 1.165) is 0 Å². The zero-order valence-electron chi connectivity index (χ0n) is 20.4. The fourth-order valence-corrected chi connectivity index (χ4v) is 4.44. The van der Waals surface area contributed by atoms with Gasteiger partial charge in [-0.25, -0.2) is 0 Å². The highest BCUT2D eigenvalue weighted by Gasteiger charge is 2.38. The Morgan fingerprint density at radius 2 is 1.46 bits per heavy atom. The summed E-state index contributed by atoms with van der Waals surface area (Å²) in [5.41, 5.74) is 0.125. The predicted molar refractivity (Wildman–Crippen MR) is 131 cm³/mol. The molecule has 0 aliphatic carbocycles. The topological polar surface area (TPSA) is 146 Å². The van der Waals surface area contributed by atoms with Crippen LogP contribution in [0.3, 0.4) is 0 Å². The minimum Gasteiger partial charge on any atom is -0.508 e. The molecule has 2 heterocycles. The second kappa shape index (κ2) is 9.17. The summed E-state index contributed by atoms with van der Waals surface area (Å²) in [4.78, 5) is 13.5. The fourth-order valence-electron chi connectivity index (χ4n) is 4.44. The third-order valence-electron chi connectivity index (χ3n) is 6.19. The Labute approximate surface area is 209 Å². The molecule has 0 radical (unpaired) electrons. The summed E-state index contributed by atoms with van der Waals surface area (Å²) in [6, 6.07) is 7.11. The van der Waals surface area contributed by atoms with Crippen molar-refractivity contribution in [3.63, 3.8) is 0 Å². The van der Waals surface area contributed by atoms with E-state index >= 15 is 0 Å². The summed E-state index contributed by atoms with van der Waals surface area (Å²) < 4.78 is 39.7. The number of benzene rings is 3. The quantitative estimate of drug-likeness (QED) is 0.327. The number of hydrogen-bond donors (Lipinski definition) is 3. The van der Waals surface area contributed by atoms with Crippen LogP contribution >= 0.6 is 0 Å². The van der Waals surface area contributed by atoms with E-state index in [1.54, 1.807) is 0 Å². The van der Waals surface area contributed by atoms with E-state index in [-0.39, 0.29) is 67.9 Å². The van der Waals surface area contributed by atoms with Crippen molar-refractivity contribution in [1.82, 2.24) is 0 Å². The number of phenolic OH excluding ortho intramolecular Hbond substituents is 2. The first-order valence-electron chi connectivity index (χ1n) is 11.1. The second-order valence-corrected chi connectivity index (χ2v) is 8.22. The summed E-state index contributed by atoms with van der Waals surface area (Å²) in [5.74, 6) is 0.379. The van der Waals surface area contributed by atoms with Gasteiger partial charge in [-0.2, -0.15) is 0 Å². The summed E-state index contributed by atoms with van der Waals surface area (Å²) in [6.45, 7) is -0.441. The van der Waals surface area contributed by atoms with E-state index in [2.05, 4.69) is 0 Å². The Morgan fingerprint density at radius 1 is 0.811 bits per heavy atom. The summed E-state index contributed by atoms with van der Waals surface area (Å²) >= 11 is 0. The lowest BCUT2D eigenvalue weighted by Gasteiger charge is -2.34. The van der Waals surface area contributed by atoms with Crippen molar-refractivity contribution >= 4 is 21.9 Å². The molecule has 4 aromatic rings. The summed E-state index contributed by atoms with van der Waals surface area (Å²) in [5, 5.41) is 30.8. The van der Waals surface area contributed by atoms with Crippen LogP contribution in [0.15, 0.2) is 39.5 Å². The average Bonchev–Trinajstić information content (AvgIpc) is 2.91. The zero-order chi connectivity index (χ0) is 26.4. The van der Waals surface area contributed by atoms with Gasteiger partial charge in [0.1, 0.15) is 22.5 Å². The Morgan fingerprint density at radius 3 is 2.05 bits per heavy atom. The number of methoxy groups -OCH3 is 4. The highest BCUT2D eigenvalue weighted by atomic mass is 16.6. The molecular formula is C26H24O11. The molecule has 0 bridgehead atoms. The summed E-state index contributed by atoms with van der Waals surface area (Å²) in [7, 11) is 5.55. The Kier molecular flexibility index (Phi) is 6.00. The number of hydrogen-bond acceptors (Lipinski definition) is 11. The van der Waals surface area contributed by atoms with Gasteiger partial charge < -0.3 is 48.2 Å². The third-order valence-corrected chi connectivity index (χ3v) is 6.19. The third kappa shape index (κ3) is 3.75. The highest BCUT2D eigenvalue weighted by molar-refractivity contribution is 5.98. The molecule has 5 rings (SSSR count). The first kappa shape index (κ1) is 24.2. The lowest BCUT2D eigenvalue weighted by atomic mass is 10.0.